The lowest BCUT2D eigenvalue weighted by atomic mass is 10.3. The van der Waals surface area contributed by atoms with Crippen LogP contribution in [0.2, 0.25) is 0 Å². The van der Waals surface area contributed by atoms with Gasteiger partial charge in [-0.05, 0) is 22.9 Å². The van der Waals surface area contributed by atoms with Crippen molar-refractivity contribution in [2.75, 3.05) is 0 Å². The van der Waals surface area contributed by atoms with Crippen molar-refractivity contribution in [2.24, 2.45) is 0 Å². The van der Waals surface area contributed by atoms with Crippen molar-refractivity contribution in [1.29, 1.82) is 0 Å². The quantitative estimate of drug-likeness (QED) is 0.557. The van der Waals surface area contributed by atoms with Gasteiger partial charge in [-0.1, -0.05) is 0 Å². The molecule has 4 heterocycles. The predicted octanol–water partition coefficient (Wildman–Crippen LogP) is 2.34. The molecule has 0 aliphatic carbocycles. The minimum atomic E-state index is -4.53. The maximum Gasteiger partial charge on any atom is 0.436 e. The third-order valence-corrected chi connectivity index (χ3v) is 4.47. The summed E-state index contributed by atoms with van der Waals surface area (Å²) >= 11 is 2.94. The normalized spacial score (nSPS) is 12.5. The Kier molecular flexibility index (Phi) is 3.13. The van der Waals surface area contributed by atoms with E-state index in [9.17, 15) is 13.2 Å². The molecule has 0 unspecified atom stereocenters. The monoisotopic (exact) mass is 400 g/mol. The van der Waals surface area contributed by atoms with Crippen molar-refractivity contribution < 1.29 is 13.2 Å². The van der Waals surface area contributed by atoms with Crippen LogP contribution >= 0.6 is 15.9 Å². The number of rotatable bonds is 2. The Morgan fingerprint density at radius 3 is 2.79 bits per heavy atom. The zero-order valence-corrected chi connectivity index (χ0v) is 13.6. The van der Waals surface area contributed by atoms with Crippen molar-refractivity contribution in [1.82, 2.24) is 39.6 Å². The molecule has 0 spiro atoms. The van der Waals surface area contributed by atoms with Gasteiger partial charge in [-0.2, -0.15) is 23.4 Å². The van der Waals surface area contributed by atoms with Crippen LogP contribution in [0.5, 0.6) is 0 Å². The smallest absolute Gasteiger partial charge is 0.261 e. The summed E-state index contributed by atoms with van der Waals surface area (Å²) in [6.07, 6.45) is -1.51. The third kappa shape index (κ3) is 2.25. The summed E-state index contributed by atoms with van der Waals surface area (Å²) in [7, 11) is 0. The summed E-state index contributed by atoms with van der Waals surface area (Å²) in [6.45, 7) is 1.54. The molecule has 124 valence electrons. The molecule has 0 amide bonds. The number of nitrogens with one attached hydrogen (secondary N) is 1. The number of H-pyrrole nitrogens is 1. The molecule has 1 N–H and O–H groups in total. The van der Waals surface area contributed by atoms with Gasteiger partial charge in [-0.3, -0.25) is 9.78 Å². The first kappa shape index (κ1) is 15.1. The van der Waals surface area contributed by atoms with Gasteiger partial charge >= 0.3 is 6.18 Å². The van der Waals surface area contributed by atoms with Gasteiger partial charge in [0, 0.05) is 0 Å². The van der Waals surface area contributed by atoms with Crippen LogP contribution in [0.4, 0.5) is 13.2 Å². The van der Waals surface area contributed by atoms with Gasteiger partial charge in [0.2, 0.25) is 0 Å². The molecule has 0 saturated heterocycles. The van der Waals surface area contributed by atoms with E-state index in [-0.39, 0.29) is 11.0 Å². The van der Waals surface area contributed by atoms with E-state index >= 15 is 0 Å². The van der Waals surface area contributed by atoms with Crippen LogP contribution in [-0.2, 0) is 12.7 Å². The largest absolute Gasteiger partial charge is 0.436 e. The van der Waals surface area contributed by atoms with E-state index in [4.69, 9.17) is 0 Å². The topological polar surface area (TPSA) is 89.6 Å². The molecule has 0 fully saturated rings. The molecule has 0 aliphatic rings. The number of fused-ring (bicyclic) bond motifs is 3. The zero-order valence-electron chi connectivity index (χ0n) is 12.0. The van der Waals surface area contributed by atoms with Crippen molar-refractivity contribution in [3.63, 3.8) is 0 Å². The highest BCUT2D eigenvalue weighted by molar-refractivity contribution is 9.10. The molecule has 0 bridgehead atoms. The van der Waals surface area contributed by atoms with Crippen molar-refractivity contribution >= 4 is 32.6 Å². The van der Waals surface area contributed by atoms with E-state index in [0.29, 0.717) is 28.2 Å². The Morgan fingerprint density at radius 1 is 1.29 bits per heavy atom. The van der Waals surface area contributed by atoms with E-state index in [1.165, 1.54) is 22.4 Å². The molecule has 0 aromatic carbocycles. The Morgan fingerprint density at radius 2 is 2.08 bits per heavy atom. The molecular weight excluding hydrogens is 393 g/mol. The summed E-state index contributed by atoms with van der Waals surface area (Å²) < 4.78 is 41.4. The second kappa shape index (κ2) is 5.00. The second-order valence-corrected chi connectivity index (χ2v) is 5.87. The van der Waals surface area contributed by atoms with Gasteiger partial charge < -0.3 is 0 Å². The number of nitrogens with zero attached hydrogens (tertiary/aromatic N) is 7. The summed E-state index contributed by atoms with van der Waals surface area (Å²) in [5, 5.41) is 15.1. The van der Waals surface area contributed by atoms with Crippen LogP contribution in [-0.4, -0.2) is 39.6 Å². The van der Waals surface area contributed by atoms with Gasteiger partial charge in [-0.25, -0.2) is 14.5 Å². The van der Waals surface area contributed by atoms with Crippen molar-refractivity contribution in [3.8, 4) is 0 Å². The predicted molar refractivity (Wildman–Crippen MR) is 79.2 cm³/mol. The van der Waals surface area contributed by atoms with E-state index < -0.39 is 11.9 Å². The molecule has 0 saturated carbocycles. The Hall–Kier alpha value is -2.50. The molecular formula is C12H8BrF3N8. The summed E-state index contributed by atoms with van der Waals surface area (Å²) in [5.41, 5.74) is 0.443. The van der Waals surface area contributed by atoms with E-state index in [1.54, 1.807) is 6.20 Å². The maximum atomic E-state index is 12.9. The van der Waals surface area contributed by atoms with Gasteiger partial charge in [0.1, 0.15) is 12.9 Å². The molecule has 0 aliphatic heterocycles. The van der Waals surface area contributed by atoms with Crippen molar-refractivity contribution in [2.45, 2.75) is 19.6 Å². The molecule has 8 nitrogen and oxygen atoms in total. The summed E-state index contributed by atoms with van der Waals surface area (Å²) in [5.74, 6) is 0.317. The van der Waals surface area contributed by atoms with E-state index in [1.807, 2.05) is 0 Å². The SMILES string of the molecule is Cc1c(Br)c(C(F)(F)F)nn1Cc1nc2c3cn[nH]c3ncn2n1. The fourth-order valence-corrected chi connectivity index (χ4v) is 2.85. The highest BCUT2D eigenvalue weighted by atomic mass is 79.9. The van der Waals surface area contributed by atoms with Gasteiger partial charge in [0.15, 0.2) is 22.8 Å². The number of halogens is 4. The fraction of sp³-hybridized carbons (Fsp3) is 0.250. The van der Waals surface area contributed by atoms with Crippen LogP contribution in [0.15, 0.2) is 17.0 Å². The van der Waals surface area contributed by atoms with Crippen LogP contribution in [0, 0.1) is 6.92 Å². The lowest BCUT2D eigenvalue weighted by molar-refractivity contribution is -0.142. The number of hydrogen-bond donors (Lipinski definition) is 1. The molecule has 24 heavy (non-hydrogen) atoms. The molecule has 4 rings (SSSR count). The van der Waals surface area contributed by atoms with Crippen LogP contribution < -0.4 is 0 Å². The fourth-order valence-electron chi connectivity index (χ4n) is 2.35. The first-order valence-corrected chi connectivity index (χ1v) is 7.47. The van der Waals surface area contributed by atoms with E-state index in [2.05, 4.69) is 46.3 Å². The minimum Gasteiger partial charge on any atom is -0.261 e. The Bertz CT molecular complexity index is 1060. The lowest BCUT2D eigenvalue weighted by Crippen LogP contribution is -2.10. The lowest BCUT2D eigenvalue weighted by Gasteiger charge is -2.01. The van der Waals surface area contributed by atoms with Gasteiger partial charge in [0.25, 0.3) is 0 Å². The highest BCUT2D eigenvalue weighted by Gasteiger charge is 2.38. The second-order valence-electron chi connectivity index (χ2n) is 5.08. The molecule has 0 atom stereocenters. The van der Waals surface area contributed by atoms with Crippen LogP contribution in [0.1, 0.15) is 17.2 Å². The average molecular weight is 401 g/mol. The Balaban J connectivity index is 1.77. The number of hydrogen-bond acceptors (Lipinski definition) is 5. The average Bonchev–Trinajstić information content (AvgIpc) is 3.18. The zero-order chi connectivity index (χ0) is 17.1. The van der Waals surface area contributed by atoms with Gasteiger partial charge in [-0.15, -0.1) is 5.10 Å². The number of alkyl halides is 3. The number of aromatic amines is 1. The standard InChI is InChI=1S/C12H8BrF3N8/c1-5-8(13)9(12(14,15)16)22-23(5)3-7-19-11-6-2-18-20-10(6)17-4-24(11)21-7/h2,4H,3H2,1H3,(H,18,20). The molecule has 4 aromatic rings. The minimum absolute atomic E-state index is 0.00153. The van der Waals surface area contributed by atoms with Crippen molar-refractivity contribution in [3.05, 3.63) is 34.2 Å². The number of aromatic nitrogens is 8. The van der Waals surface area contributed by atoms with E-state index in [0.717, 1.165) is 0 Å². The molecule has 12 heteroatoms. The maximum absolute atomic E-state index is 12.9. The molecule has 4 aromatic heterocycles. The first-order valence-electron chi connectivity index (χ1n) is 6.68. The van der Waals surface area contributed by atoms with Gasteiger partial charge in [0.05, 0.1) is 21.7 Å². The van der Waals surface area contributed by atoms with Crippen LogP contribution in [0.3, 0.4) is 0 Å². The van der Waals surface area contributed by atoms with Crippen LogP contribution in [0.25, 0.3) is 16.7 Å². The highest BCUT2D eigenvalue weighted by Crippen LogP contribution is 2.35. The third-order valence-electron chi connectivity index (χ3n) is 3.52. The first-order chi connectivity index (χ1) is 11.3. The summed E-state index contributed by atoms with van der Waals surface area (Å²) in [6, 6.07) is 0. The summed E-state index contributed by atoms with van der Waals surface area (Å²) in [4.78, 5) is 8.47. The molecule has 0 radical (unpaired) electrons. The Labute approximate surface area is 139 Å².